The summed E-state index contributed by atoms with van der Waals surface area (Å²) in [6.07, 6.45) is 6.64. The molecule has 1 aliphatic carbocycles. The number of carbonyl (C=O) groups excluding carboxylic acids is 1. The average molecular weight is 390 g/mol. The van der Waals surface area contributed by atoms with Crippen LogP contribution in [0.25, 0.3) is 10.2 Å². The van der Waals surface area contributed by atoms with Gasteiger partial charge in [-0.05, 0) is 37.8 Å². The first-order chi connectivity index (χ1) is 10.7. The number of rotatable bonds is 6. The summed E-state index contributed by atoms with van der Waals surface area (Å²) in [4.78, 5) is 16.8. The predicted molar refractivity (Wildman–Crippen MR) is 105 cm³/mol. The summed E-state index contributed by atoms with van der Waals surface area (Å²) in [5.41, 5.74) is 6.78. The molecule has 0 aliphatic heterocycles. The lowest BCUT2D eigenvalue weighted by Gasteiger charge is -2.28. The lowest BCUT2D eigenvalue weighted by Crippen LogP contribution is -2.51. The fourth-order valence-electron chi connectivity index (χ4n) is 3.22. The summed E-state index contributed by atoms with van der Waals surface area (Å²) in [5.74, 6) is 0.133. The SMILES string of the molecule is Cl.Cl.NCC1(NC(=O)CCCc2nc3ccccc3s2)CCCC1. The summed E-state index contributed by atoms with van der Waals surface area (Å²) in [7, 11) is 0. The second-order valence-electron chi connectivity index (χ2n) is 6.17. The van der Waals surface area contributed by atoms with Crippen LogP contribution in [0.4, 0.5) is 0 Å². The van der Waals surface area contributed by atoms with E-state index in [0.717, 1.165) is 36.2 Å². The highest BCUT2D eigenvalue weighted by atomic mass is 35.5. The number of aromatic nitrogens is 1. The molecule has 0 saturated heterocycles. The summed E-state index contributed by atoms with van der Waals surface area (Å²) >= 11 is 1.72. The average Bonchev–Trinajstić information content (AvgIpc) is 3.14. The Morgan fingerprint density at radius 1 is 1.25 bits per heavy atom. The molecule has 0 radical (unpaired) electrons. The van der Waals surface area contributed by atoms with Crippen molar-refractivity contribution in [2.75, 3.05) is 6.54 Å². The molecular formula is C17H25Cl2N3OS. The fraction of sp³-hybridized carbons (Fsp3) is 0.529. The Bertz CT molecular complexity index is 623. The second-order valence-corrected chi connectivity index (χ2v) is 7.28. The highest BCUT2D eigenvalue weighted by Gasteiger charge is 2.33. The van der Waals surface area contributed by atoms with Crippen LogP contribution in [-0.4, -0.2) is 23.0 Å². The van der Waals surface area contributed by atoms with Crippen LogP contribution in [0, 0.1) is 0 Å². The maximum absolute atomic E-state index is 12.1. The number of aryl methyl sites for hydroxylation is 1. The summed E-state index contributed by atoms with van der Waals surface area (Å²) < 4.78 is 1.22. The second kappa shape index (κ2) is 9.56. The number of amides is 1. The van der Waals surface area contributed by atoms with Gasteiger partial charge in [0.05, 0.1) is 20.8 Å². The Hall–Kier alpha value is -0.880. The molecular weight excluding hydrogens is 365 g/mol. The van der Waals surface area contributed by atoms with E-state index in [1.165, 1.54) is 17.5 Å². The van der Waals surface area contributed by atoms with Crippen molar-refractivity contribution in [2.24, 2.45) is 5.73 Å². The zero-order valence-electron chi connectivity index (χ0n) is 13.6. The predicted octanol–water partition coefficient (Wildman–Crippen LogP) is 3.85. The molecule has 2 aromatic rings. The van der Waals surface area contributed by atoms with Gasteiger partial charge >= 0.3 is 0 Å². The number of nitrogens with zero attached hydrogens (tertiary/aromatic N) is 1. The van der Waals surface area contributed by atoms with Crippen LogP contribution in [0.15, 0.2) is 24.3 Å². The third kappa shape index (κ3) is 5.06. The monoisotopic (exact) mass is 389 g/mol. The number of hydrogen-bond donors (Lipinski definition) is 2. The number of para-hydroxylation sites is 1. The minimum absolute atomic E-state index is 0. The van der Waals surface area contributed by atoms with Crippen LogP contribution in [0.3, 0.4) is 0 Å². The third-order valence-electron chi connectivity index (χ3n) is 4.49. The van der Waals surface area contributed by atoms with Gasteiger partial charge in [0, 0.05) is 13.0 Å². The molecule has 1 aromatic carbocycles. The van der Waals surface area contributed by atoms with Gasteiger partial charge in [0.2, 0.25) is 5.91 Å². The summed E-state index contributed by atoms with van der Waals surface area (Å²) in [6.45, 7) is 0.552. The Balaban J connectivity index is 0.00000144. The topological polar surface area (TPSA) is 68.0 Å². The van der Waals surface area contributed by atoms with Gasteiger partial charge in [-0.15, -0.1) is 36.2 Å². The molecule has 0 atom stereocenters. The maximum Gasteiger partial charge on any atom is 0.220 e. The van der Waals surface area contributed by atoms with E-state index < -0.39 is 0 Å². The first-order valence-electron chi connectivity index (χ1n) is 8.06. The number of benzene rings is 1. The highest BCUT2D eigenvalue weighted by Crippen LogP contribution is 2.29. The third-order valence-corrected chi connectivity index (χ3v) is 5.58. The Kier molecular flexibility index (Phi) is 8.43. The Morgan fingerprint density at radius 3 is 2.62 bits per heavy atom. The number of carbonyl (C=O) groups is 1. The zero-order valence-corrected chi connectivity index (χ0v) is 16.1. The van der Waals surface area contributed by atoms with Crippen LogP contribution in [0.1, 0.15) is 43.5 Å². The van der Waals surface area contributed by atoms with E-state index >= 15 is 0 Å². The van der Waals surface area contributed by atoms with Gasteiger partial charge in [-0.25, -0.2) is 4.98 Å². The molecule has 7 heteroatoms. The van der Waals surface area contributed by atoms with E-state index in [1.54, 1.807) is 11.3 Å². The normalized spacial score (nSPS) is 15.5. The lowest BCUT2D eigenvalue weighted by molar-refractivity contribution is -0.123. The molecule has 4 nitrogen and oxygen atoms in total. The lowest BCUT2D eigenvalue weighted by atomic mass is 9.97. The molecule has 1 aromatic heterocycles. The van der Waals surface area contributed by atoms with E-state index in [0.29, 0.717) is 13.0 Å². The number of fused-ring (bicyclic) bond motifs is 1. The number of nitrogens with one attached hydrogen (secondary N) is 1. The minimum atomic E-state index is -0.132. The van der Waals surface area contributed by atoms with Crippen molar-refractivity contribution in [3.05, 3.63) is 29.3 Å². The van der Waals surface area contributed by atoms with Gasteiger partial charge in [0.15, 0.2) is 0 Å². The Morgan fingerprint density at radius 2 is 1.96 bits per heavy atom. The van der Waals surface area contributed by atoms with Crippen LogP contribution in [-0.2, 0) is 11.2 Å². The standard InChI is InChI=1S/C17H23N3OS.2ClH/c18-12-17(10-3-4-11-17)20-15(21)8-5-9-16-19-13-6-1-2-7-14(13)22-16;;/h1-2,6-7H,3-5,8-12,18H2,(H,20,21);2*1H. The fourth-order valence-corrected chi connectivity index (χ4v) is 4.23. The van der Waals surface area contributed by atoms with Crippen molar-refractivity contribution in [1.29, 1.82) is 0 Å². The van der Waals surface area contributed by atoms with Crippen molar-refractivity contribution < 1.29 is 4.79 Å². The van der Waals surface area contributed by atoms with E-state index in [9.17, 15) is 4.79 Å². The van der Waals surface area contributed by atoms with E-state index in [4.69, 9.17) is 5.73 Å². The van der Waals surface area contributed by atoms with Crippen LogP contribution in [0.2, 0.25) is 0 Å². The molecule has 3 rings (SSSR count). The number of nitrogens with two attached hydrogens (primary N) is 1. The zero-order chi connectivity index (χ0) is 15.4. The van der Waals surface area contributed by atoms with Gasteiger partial charge in [-0.1, -0.05) is 25.0 Å². The number of hydrogen-bond acceptors (Lipinski definition) is 4. The van der Waals surface area contributed by atoms with E-state index in [1.807, 2.05) is 18.2 Å². The van der Waals surface area contributed by atoms with Crippen molar-refractivity contribution in [3.63, 3.8) is 0 Å². The van der Waals surface area contributed by atoms with Gasteiger partial charge in [-0.2, -0.15) is 0 Å². The van der Waals surface area contributed by atoms with Crippen LogP contribution in [0.5, 0.6) is 0 Å². The molecule has 1 heterocycles. The van der Waals surface area contributed by atoms with Crippen molar-refractivity contribution >= 4 is 52.3 Å². The Labute approximate surface area is 159 Å². The molecule has 0 spiro atoms. The maximum atomic E-state index is 12.1. The molecule has 134 valence electrons. The molecule has 1 amide bonds. The highest BCUT2D eigenvalue weighted by molar-refractivity contribution is 7.18. The van der Waals surface area contributed by atoms with Gasteiger partial charge in [0.25, 0.3) is 0 Å². The number of thiazole rings is 1. The van der Waals surface area contributed by atoms with Crippen molar-refractivity contribution in [3.8, 4) is 0 Å². The first-order valence-corrected chi connectivity index (χ1v) is 8.88. The smallest absolute Gasteiger partial charge is 0.220 e. The van der Waals surface area contributed by atoms with Gasteiger partial charge in [0.1, 0.15) is 0 Å². The van der Waals surface area contributed by atoms with Crippen molar-refractivity contribution in [1.82, 2.24) is 10.3 Å². The van der Waals surface area contributed by atoms with Gasteiger partial charge in [-0.3, -0.25) is 4.79 Å². The van der Waals surface area contributed by atoms with Crippen molar-refractivity contribution in [2.45, 2.75) is 50.5 Å². The number of halogens is 2. The first kappa shape index (κ1) is 21.2. The molecule has 0 unspecified atom stereocenters. The largest absolute Gasteiger partial charge is 0.349 e. The molecule has 1 aliphatic rings. The molecule has 24 heavy (non-hydrogen) atoms. The van der Waals surface area contributed by atoms with E-state index in [-0.39, 0.29) is 36.3 Å². The van der Waals surface area contributed by atoms with Gasteiger partial charge < -0.3 is 11.1 Å². The molecule has 1 fully saturated rings. The van der Waals surface area contributed by atoms with Crippen LogP contribution >= 0.6 is 36.2 Å². The minimum Gasteiger partial charge on any atom is -0.349 e. The summed E-state index contributed by atoms with van der Waals surface area (Å²) in [5, 5.41) is 4.29. The quantitative estimate of drug-likeness (QED) is 0.787. The molecule has 1 saturated carbocycles. The summed E-state index contributed by atoms with van der Waals surface area (Å²) in [6, 6.07) is 8.17. The molecule has 0 bridgehead atoms. The molecule has 3 N–H and O–H groups in total. The van der Waals surface area contributed by atoms with E-state index in [2.05, 4.69) is 16.4 Å². The van der Waals surface area contributed by atoms with Crippen LogP contribution < -0.4 is 11.1 Å².